The second-order valence-corrected chi connectivity index (χ2v) is 3.02. The molecule has 0 fully saturated rings. The van der Waals surface area contributed by atoms with Gasteiger partial charge in [0, 0.05) is 6.54 Å². The topological polar surface area (TPSA) is 115 Å². The molecule has 0 aliphatic rings. The molecule has 1 rings (SSSR count). The fourth-order valence-electron chi connectivity index (χ4n) is 1.08. The zero-order valence-corrected chi connectivity index (χ0v) is 8.83. The van der Waals surface area contributed by atoms with E-state index in [1.165, 1.54) is 18.3 Å². The summed E-state index contributed by atoms with van der Waals surface area (Å²) in [5.41, 5.74) is 0. The van der Waals surface area contributed by atoms with E-state index < -0.39 is 11.0 Å². The number of hydrogen-bond donors (Lipinski definition) is 2. The van der Waals surface area contributed by atoms with E-state index in [1.54, 1.807) is 0 Å². The highest BCUT2D eigenvalue weighted by atomic mass is 16.6. The van der Waals surface area contributed by atoms with Crippen molar-refractivity contribution < 1.29 is 19.6 Å². The van der Waals surface area contributed by atoms with Crippen molar-refractivity contribution in [3.05, 3.63) is 28.4 Å². The van der Waals surface area contributed by atoms with E-state index in [0.717, 1.165) is 0 Å². The maximum absolute atomic E-state index is 10.6. The average molecular weight is 241 g/mol. The molecule has 1 aromatic heterocycles. The molecule has 0 saturated heterocycles. The van der Waals surface area contributed by atoms with E-state index in [0.29, 0.717) is 6.42 Å². The Bertz CT molecular complexity index is 409. The van der Waals surface area contributed by atoms with E-state index in [4.69, 9.17) is 9.84 Å². The molecular formula is C9H11N3O5. The lowest BCUT2D eigenvalue weighted by Gasteiger charge is -2.05. The molecule has 2 N–H and O–H groups in total. The molecule has 0 saturated carbocycles. The van der Waals surface area contributed by atoms with Crippen LogP contribution in [0.3, 0.4) is 0 Å². The van der Waals surface area contributed by atoms with Crippen LogP contribution < -0.4 is 10.1 Å². The van der Waals surface area contributed by atoms with Crippen molar-refractivity contribution in [3.63, 3.8) is 0 Å². The summed E-state index contributed by atoms with van der Waals surface area (Å²) in [5, 5.41) is 21.0. The Labute approximate surface area is 96.4 Å². The number of hydrogen-bond acceptors (Lipinski definition) is 5. The number of ether oxygens (including phenoxy) is 1. The Hall–Kier alpha value is -2.38. The molecular weight excluding hydrogens is 230 g/mol. The Kier molecular flexibility index (Phi) is 4.67. The molecule has 1 heterocycles. The maximum Gasteiger partial charge on any atom is 0.406 e. The lowest BCUT2D eigenvalue weighted by Crippen LogP contribution is -2.23. The largest absolute Gasteiger partial charge is 0.486 e. The summed E-state index contributed by atoms with van der Waals surface area (Å²) in [6, 6.07) is 2.97. The molecule has 0 unspecified atom stereocenters. The third kappa shape index (κ3) is 4.33. The predicted octanol–water partition coefficient (Wildman–Crippen LogP) is 1.03. The average Bonchev–Trinajstić information content (AvgIpc) is 2.28. The summed E-state index contributed by atoms with van der Waals surface area (Å²) >= 11 is 0. The van der Waals surface area contributed by atoms with Gasteiger partial charge in [0.2, 0.25) is 5.75 Å². The van der Waals surface area contributed by atoms with Crippen LogP contribution >= 0.6 is 0 Å². The number of nitrogens with zero attached hydrogens (tertiary/aromatic N) is 2. The monoisotopic (exact) mass is 241 g/mol. The molecule has 17 heavy (non-hydrogen) atoms. The van der Waals surface area contributed by atoms with Crippen molar-refractivity contribution in [1.82, 2.24) is 10.3 Å². The van der Waals surface area contributed by atoms with Gasteiger partial charge in [-0.2, -0.15) is 0 Å². The molecule has 8 heteroatoms. The number of nitro groups is 1. The first-order valence-corrected chi connectivity index (χ1v) is 4.80. The molecule has 1 aromatic rings. The first-order valence-electron chi connectivity index (χ1n) is 4.80. The lowest BCUT2D eigenvalue weighted by molar-refractivity contribution is -0.390. The number of carbonyl (C=O) groups is 1. The summed E-state index contributed by atoms with van der Waals surface area (Å²) in [7, 11) is 0. The van der Waals surface area contributed by atoms with Crippen molar-refractivity contribution >= 4 is 11.9 Å². The molecule has 0 spiro atoms. The van der Waals surface area contributed by atoms with Crippen molar-refractivity contribution in [2.75, 3.05) is 13.2 Å². The molecule has 1 amide bonds. The first-order chi connectivity index (χ1) is 8.11. The van der Waals surface area contributed by atoms with Crippen molar-refractivity contribution in [2.45, 2.75) is 6.42 Å². The molecule has 0 aliphatic carbocycles. The molecule has 8 nitrogen and oxygen atoms in total. The molecule has 92 valence electrons. The number of aromatic nitrogens is 1. The van der Waals surface area contributed by atoms with Gasteiger partial charge in [0.25, 0.3) is 0 Å². The van der Waals surface area contributed by atoms with Gasteiger partial charge in [0.1, 0.15) is 6.20 Å². The Morgan fingerprint density at radius 3 is 3.06 bits per heavy atom. The van der Waals surface area contributed by atoms with Crippen LogP contribution in [0.15, 0.2) is 18.3 Å². The minimum absolute atomic E-state index is 0.0767. The smallest absolute Gasteiger partial charge is 0.406 e. The molecule has 0 aliphatic heterocycles. The summed E-state index contributed by atoms with van der Waals surface area (Å²) in [5.74, 6) is -0.272. The van der Waals surface area contributed by atoms with Crippen LogP contribution in [0.5, 0.6) is 5.75 Å². The van der Waals surface area contributed by atoms with Gasteiger partial charge in [0.15, 0.2) is 0 Å². The highest BCUT2D eigenvalue weighted by Crippen LogP contribution is 2.22. The summed E-state index contributed by atoms with van der Waals surface area (Å²) in [6.45, 7) is 0.399. The minimum atomic E-state index is -1.11. The van der Waals surface area contributed by atoms with Gasteiger partial charge in [-0.3, -0.25) is 0 Å². The Morgan fingerprint density at radius 2 is 2.41 bits per heavy atom. The highest BCUT2D eigenvalue weighted by molar-refractivity contribution is 5.64. The molecule has 0 atom stereocenters. The van der Waals surface area contributed by atoms with E-state index in [-0.39, 0.29) is 24.7 Å². The highest BCUT2D eigenvalue weighted by Gasteiger charge is 2.14. The van der Waals surface area contributed by atoms with Gasteiger partial charge in [-0.15, -0.1) is 0 Å². The van der Waals surface area contributed by atoms with Crippen molar-refractivity contribution in [3.8, 4) is 5.75 Å². The SMILES string of the molecule is O=C(O)NCCCOc1cccnc1[N+](=O)[O-]. The zero-order valence-electron chi connectivity index (χ0n) is 8.83. The fraction of sp³-hybridized carbons (Fsp3) is 0.333. The third-order valence-electron chi connectivity index (χ3n) is 1.78. The van der Waals surface area contributed by atoms with E-state index in [2.05, 4.69) is 10.3 Å². The summed E-state index contributed by atoms with van der Waals surface area (Å²) in [4.78, 5) is 23.6. The van der Waals surface area contributed by atoms with Crippen LogP contribution in [0.2, 0.25) is 0 Å². The Morgan fingerprint density at radius 1 is 1.65 bits per heavy atom. The normalized spacial score (nSPS) is 9.65. The number of rotatable bonds is 6. The van der Waals surface area contributed by atoms with Crippen LogP contribution in [0.1, 0.15) is 6.42 Å². The predicted molar refractivity (Wildman–Crippen MR) is 57.0 cm³/mol. The van der Waals surface area contributed by atoms with Gasteiger partial charge < -0.3 is 25.3 Å². The number of pyridine rings is 1. The number of amides is 1. The Balaban J connectivity index is 2.41. The van der Waals surface area contributed by atoms with Gasteiger partial charge in [-0.1, -0.05) is 0 Å². The van der Waals surface area contributed by atoms with Crippen molar-refractivity contribution in [2.24, 2.45) is 0 Å². The summed E-state index contributed by atoms with van der Waals surface area (Å²) in [6.07, 6.45) is 0.604. The lowest BCUT2D eigenvalue weighted by atomic mass is 10.4. The second-order valence-electron chi connectivity index (χ2n) is 3.02. The van der Waals surface area contributed by atoms with E-state index in [9.17, 15) is 14.9 Å². The minimum Gasteiger partial charge on any atom is -0.486 e. The first kappa shape index (κ1) is 12.7. The third-order valence-corrected chi connectivity index (χ3v) is 1.78. The molecule has 0 aromatic carbocycles. The van der Waals surface area contributed by atoms with Gasteiger partial charge >= 0.3 is 11.9 Å². The standard InChI is InChI=1S/C9H11N3O5/c13-9(14)11-5-2-6-17-7-3-1-4-10-8(7)12(15)16/h1,3-4,11H,2,5-6H2,(H,13,14). The van der Waals surface area contributed by atoms with Crippen LogP contribution in [0.25, 0.3) is 0 Å². The molecule has 0 radical (unpaired) electrons. The van der Waals surface area contributed by atoms with E-state index in [1.807, 2.05) is 0 Å². The zero-order chi connectivity index (χ0) is 12.7. The second kappa shape index (κ2) is 6.26. The van der Waals surface area contributed by atoms with Crippen LogP contribution in [-0.2, 0) is 0 Å². The van der Waals surface area contributed by atoms with Gasteiger partial charge in [0.05, 0.1) is 6.61 Å². The molecule has 0 bridgehead atoms. The van der Waals surface area contributed by atoms with Crippen LogP contribution in [0, 0.1) is 10.1 Å². The van der Waals surface area contributed by atoms with Crippen molar-refractivity contribution in [1.29, 1.82) is 0 Å². The van der Waals surface area contributed by atoms with Crippen LogP contribution in [-0.4, -0.2) is 34.3 Å². The van der Waals surface area contributed by atoms with Gasteiger partial charge in [-0.25, -0.2) is 4.79 Å². The number of carboxylic acid groups (broad SMARTS) is 1. The van der Waals surface area contributed by atoms with Gasteiger partial charge in [-0.05, 0) is 28.5 Å². The number of nitrogens with one attached hydrogen (secondary N) is 1. The maximum atomic E-state index is 10.6. The van der Waals surface area contributed by atoms with Crippen LogP contribution in [0.4, 0.5) is 10.6 Å². The summed E-state index contributed by atoms with van der Waals surface area (Å²) < 4.78 is 5.14. The fourth-order valence-corrected chi connectivity index (χ4v) is 1.08. The van der Waals surface area contributed by atoms with E-state index >= 15 is 0 Å². The quantitative estimate of drug-likeness (QED) is 0.436.